The van der Waals surface area contributed by atoms with E-state index in [2.05, 4.69) is 77.1 Å². The van der Waals surface area contributed by atoms with Crippen molar-refractivity contribution in [1.29, 1.82) is 0 Å². The zero-order valence-electron chi connectivity index (χ0n) is 22.1. The number of hydrogen-bond acceptors (Lipinski definition) is 3. The molecule has 2 aromatic carbocycles. The number of nitrogens with two attached hydrogens (primary N) is 1. The van der Waals surface area contributed by atoms with Crippen LogP contribution in [0.2, 0.25) is 13.1 Å². The summed E-state index contributed by atoms with van der Waals surface area (Å²) in [6.45, 7) is 14.8. The molecule has 0 unspecified atom stereocenters. The molecular weight excluding hydrogens is 434 g/mol. The van der Waals surface area contributed by atoms with Gasteiger partial charge in [0, 0.05) is 11.0 Å². The van der Waals surface area contributed by atoms with Crippen LogP contribution in [0.5, 0.6) is 0 Å². The lowest BCUT2D eigenvalue weighted by Crippen LogP contribution is -2.55. The van der Waals surface area contributed by atoms with Crippen molar-refractivity contribution >= 4 is 19.6 Å². The molecule has 34 heavy (non-hydrogen) atoms. The third-order valence-electron chi connectivity index (χ3n) is 6.94. The van der Waals surface area contributed by atoms with Gasteiger partial charge in [-0.2, -0.15) is 0 Å². The highest BCUT2D eigenvalue weighted by molar-refractivity contribution is 6.88. The summed E-state index contributed by atoms with van der Waals surface area (Å²) in [4.78, 5) is 11.7. The molecule has 0 aromatic heterocycles. The van der Waals surface area contributed by atoms with E-state index < -0.39 is 19.6 Å². The van der Waals surface area contributed by atoms with E-state index >= 15 is 0 Å². The molecule has 0 saturated carbocycles. The van der Waals surface area contributed by atoms with Crippen LogP contribution in [-0.4, -0.2) is 24.4 Å². The first-order chi connectivity index (χ1) is 15.9. The lowest BCUT2D eigenvalue weighted by atomic mass is 9.74. The first-order valence-electron chi connectivity index (χ1n) is 12.7. The zero-order chi connectivity index (χ0) is 25.2. The van der Waals surface area contributed by atoms with E-state index in [0.717, 1.165) is 53.2 Å². The van der Waals surface area contributed by atoms with E-state index in [0.29, 0.717) is 0 Å². The van der Waals surface area contributed by atoms with Gasteiger partial charge in [-0.1, -0.05) is 108 Å². The largest absolute Gasteiger partial charge is 0.428 e. The third-order valence-corrected chi connectivity index (χ3v) is 8.71. The summed E-state index contributed by atoms with van der Waals surface area (Å²) in [5.74, 6) is 0. The molecule has 0 amide bonds. The van der Waals surface area contributed by atoms with Crippen LogP contribution < -0.4 is 5.73 Å². The van der Waals surface area contributed by atoms with Crippen molar-refractivity contribution < 1.29 is 9.53 Å². The second-order valence-electron chi connectivity index (χ2n) is 11.2. The molecule has 0 radical (unpaired) electrons. The van der Waals surface area contributed by atoms with Crippen molar-refractivity contribution in [3.8, 4) is 0 Å². The average molecular weight is 478 g/mol. The Labute approximate surface area is 207 Å². The van der Waals surface area contributed by atoms with Gasteiger partial charge in [0.05, 0.1) is 5.60 Å². The highest BCUT2D eigenvalue weighted by atomic mass is 28.4. The van der Waals surface area contributed by atoms with E-state index in [1.165, 1.54) is 0 Å². The Balaban J connectivity index is 2.53. The molecule has 1 saturated heterocycles. The highest BCUT2D eigenvalue weighted by Crippen LogP contribution is 2.57. The first kappa shape index (κ1) is 26.6. The molecular formula is C30H43NO2Si. The molecule has 3 nitrogen and oxygen atoms in total. The SMILES string of the molecule is CCCC1(CCC)O[C@](N)(C(C)(C)C)C(=C(/c2ccccc2)[Si](C)(C)O)/C1=C\c1ccccc1. The van der Waals surface area contributed by atoms with E-state index in [4.69, 9.17) is 10.5 Å². The molecule has 0 spiro atoms. The highest BCUT2D eigenvalue weighted by Gasteiger charge is 2.60. The summed E-state index contributed by atoms with van der Waals surface area (Å²) in [7, 11) is -2.85. The standard InChI is InChI=1S/C30H43NO2Si/c1-8-20-29(21-9-2)25(22-23-16-12-10-13-17-23)26(30(31,33-29)28(3,4)5)27(34(6,7)32)24-18-14-11-15-19-24/h10-19,22,32H,8-9,20-21,31H2,1-7H3/b25-22+,27-26-/t30-/m0/s1. The lowest BCUT2D eigenvalue weighted by Gasteiger charge is -2.42. The van der Waals surface area contributed by atoms with Crippen molar-refractivity contribution in [2.24, 2.45) is 11.1 Å². The van der Waals surface area contributed by atoms with E-state index in [9.17, 15) is 4.80 Å². The zero-order valence-corrected chi connectivity index (χ0v) is 23.1. The minimum atomic E-state index is -2.85. The normalized spacial score (nSPS) is 23.4. The fourth-order valence-corrected chi connectivity index (χ4v) is 7.13. The van der Waals surface area contributed by atoms with Crippen molar-refractivity contribution in [2.45, 2.75) is 84.7 Å². The molecule has 1 fully saturated rings. The summed E-state index contributed by atoms with van der Waals surface area (Å²) in [5.41, 5.74) is 9.72. The molecule has 2 aromatic rings. The van der Waals surface area contributed by atoms with Crippen LogP contribution in [-0.2, 0) is 4.74 Å². The topological polar surface area (TPSA) is 55.5 Å². The fraction of sp³-hybridized carbons (Fsp3) is 0.467. The Bertz CT molecular complexity index is 1020. The van der Waals surface area contributed by atoms with Crippen molar-refractivity contribution in [3.63, 3.8) is 0 Å². The molecule has 1 heterocycles. The minimum absolute atomic E-state index is 0.388. The Kier molecular flexibility index (Phi) is 7.78. The Morgan fingerprint density at radius 2 is 1.44 bits per heavy atom. The number of hydrogen-bond donors (Lipinski definition) is 2. The Morgan fingerprint density at radius 3 is 1.88 bits per heavy atom. The van der Waals surface area contributed by atoms with Gasteiger partial charge in [0.2, 0.25) is 8.32 Å². The molecule has 4 heteroatoms. The summed E-state index contributed by atoms with van der Waals surface area (Å²) in [6, 6.07) is 20.7. The Morgan fingerprint density at radius 1 is 0.941 bits per heavy atom. The lowest BCUT2D eigenvalue weighted by molar-refractivity contribution is -0.139. The van der Waals surface area contributed by atoms with Crippen LogP contribution in [0, 0.1) is 5.41 Å². The number of benzene rings is 2. The minimum Gasteiger partial charge on any atom is -0.428 e. The number of rotatable bonds is 7. The van der Waals surface area contributed by atoms with Gasteiger partial charge >= 0.3 is 0 Å². The predicted octanol–water partition coefficient (Wildman–Crippen LogP) is 7.33. The van der Waals surface area contributed by atoms with Crippen LogP contribution >= 0.6 is 0 Å². The van der Waals surface area contributed by atoms with Gasteiger partial charge in [-0.15, -0.1) is 0 Å². The van der Waals surface area contributed by atoms with Crippen molar-refractivity contribution in [3.05, 3.63) is 82.9 Å². The van der Waals surface area contributed by atoms with Gasteiger partial charge in [0.1, 0.15) is 5.72 Å². The molecule has 184 valence electrons. The van der Waals surface area contributed by atoms with Crippen LogP contribution in [0.4, 0.5) is 0 Å². The fourth-order valence-electron chi connectivity index (χ4n) is 5.32. The van der Waals surface area contributed by atoms with E-state index in [1.54, 1.807) is 0 Å². The van der Waals surface area contributed by atoms with Crippen LogP contribution in [0.15, 0.2) is 71.8 Å². The van der Waals surface area contributed by atoms with E-state index in [-0.39, 0.29) is 5.41 Å². The summed E-state index contributed by atoms with van der Waals surface area (Å²) in [6.07, 6.45) is 6.01. The van der Waals surface area contributed by atoms with Crippen molar-refractivity contribution in [2.75, 3.05) is 0 Å². The molecule has 1 aliphatic rings. The van der Waals surface area contributed by atoms with Crippen LogP contribution in [0.1, 0.15) is 71.4 Å². The molecule has 1 aliphatic heterocycles. The van der Waals surface area contributed by atoms with Gasteiger partial charge in [0.15, 0.2) is 0 Å². The van der Waals surface area contributed by atoms with Gasteiger partial charge < -0.3 is 9.53 Å². The molecule has 1 atom stereocenters. The van der Waals surface area contributed by atoms with Crippen LogP contribution in [0.25, 0.3) is 11.3 Å². The monoisotopic (exact) mass is 477 g/mol. The van der Waals surface area contributed by atoms with Gasteiger partial charge in [-0.25, -0.2) is 0 Å². The quantitative estimate of drug-likeness (QED) is 0.410. The number of ether oxygens (including phenoxy) is 1. The first-order valence-corrected chi connectivity index (χ1v) is 15.6. The summed E-state index contributed by atoms with van der Waals surface area (Å²) >= 11 is 0. The van der Waals surface area contributed by atoms with Crippen molar-refractivity contribution in [1.82, 2.24) is 0 Å². The molecule has 3 rings (SSSR count). The average Bonchev–Trinajstić information content (AvgIpc) is 2.98. The smallest absolute Gasteiger partial charge is 0.215 e. The summed E-state index contributed by atoms with van der Waals surface area (Å²) in [5, 5.41) is 0.974. The third kappa shape index (κ3) is 5.01. The van der Waals surface area contributed by atoms with Crippen LogP contribution in [0.3, 0.4) is 0 Å². The van der Waals surface area contributed by atoms with Gasteiger partial charge in [-0.05, 0) is 53.9 Å². The molecule has 3 N–H and O–H groups in total. The maximum atomic E-state index is 11.7. The predicted molar refractivity (Wildman–Crippen MR) is 147 cm³/mol. The Hall–Kier alpha value is -1.98. The second-order valence-corrected chi connectivity index (χ2v) is 14.8. The van der Waals surface area contributed by atoms with Gasteiger partial charge in [0.25, 0.3) is 0 Å². The maximum Gasteiger partial charge on any atom is 0.215 e. The van der Waals surface area contributed by atoms with E-state index in [1.807, 2.05) is 37.4 Å². The molecule has 0 bridgehead atoms. The maximum absolute atomic E-state index is 11.7. The molecule has 0 aliphatic carbocycles. The van der Waals surface area contributed by atoms with Gasteiger partial charge in [-0.3, -0.25) is 5.73 Å². The second kappa shape index (κ2) is 9.94. The summed E-state index contributed by atoms with van der Waals surface area (Å²) < 4.78 is 7.14.